The lowest BCUT2D eigenvalue weighted by molar-refractivity contribution is 0.184. The average Bonchev–Trinajstić information content (AvgIpc) is 2.79. The third-order valence-corrected chi connectivity index (χ3v) is 4.72. The van der Waals surface area contributed by atoms with E-state index in [9.17, 15) is 0 Å². The molecule has 1 aromatic rings. The fourth-order valence-electron chi connectivity index (χ4n) is 3.38. The Morgan fingerprint density at radius 2 is 1.95 bits per heavy atom. The number of methoxy groups -OCH3 is 1. The van der Waals surface area contributed by atoms with Crippen LogP contribution in [0.4, 0.5) is 0 Å². The molecule has 19 heavy (non-hydrogen) atoms. The Morgan fingerprint density at radius 3 is 2.58 bits per heavy atom. The molecule has 0 radical (unpaired) electrons. The Hall–Kier alpha value is -0.860. The molecule has 1 aliphatic carbocycles. The van der Waals surface area contributed by atoms with Crippen LogP contribution in [0.2, 0.25) is 0 Å². The number of ether oxygens (including phenoxy) is 1. The number of nitrogens with one attached hydrogen (secondary N) is 1. The van der Waals surface area contributed by atoms with Gasteiger partial charge >= 0.3 is 0 Å². The molecule has 0 aromatic heterocycles. The molecule has 0 spiro atoms. The predicted molar refractivity (Wildman–Crippen MR) is 80.0 cm³/mol. The van der Waals surface area contributed by atoms with Crippen LogP contribution < -0.4 is 5.32 Å². The van der Waals surface area contributed by atoms with Gasteiger partial charge in [0.1, 0.15) is 0 Å². The molecule has 1 saturated carbocycles. The average molecular weight is 261 g/mol. The Balaban J connectivity index is 1.92. The highest BCUT2D eigenvalue weighted by Crippen LogP contribution is 2.34. The van der Waals surface area contributed by atoms with Crippen molar-refractivity contribution in [2.75, 3.05) is 7.11 Å². The summed E-state index contributed by atoms with van der Waals surface area (Å²) in [5, 5.41) is 3.76. The SMILES string of the molecule is CCC1CCC(NCc2ccccc2COC)C1C. The summed E-state index contributed by atoms with van der Waals surface area (Å²) in [7, 11) is 1.76. The van der Waals surface area contributed by atoms with Gasteiger partial charge in [-0.3, -0.25) is 0 Å². The van der Waals surface area contributed by atoms with Crippen molar-refractivity contribution in [2.24, 2.45) is 11.8 Å². The molecule has 1 N–H and O–H groups in total. The van der Waals surface area contributed by atoms with Crippen molar-refractivity contribution in [3.63, 3.8) is 0 Å². The highest BCUT2D eigenvalue weighted by Gasteiger charge is 2.30. The lowest BCUT2D eigenvalue weighted by Crippen LogP contribution is -2.32. The molecule has 0 heterocycles. The third kappa shape index (κ3) is 3.58. The summed E-state index contributed by atoms with van der Waals surface area (Å²) in [6.07, 6.45) is 4.03. The monoisotopic (exact) mass is 261 g/mol. The van der Waals surface area contributed by atoms with Gasteiger partial charge in [0.25, 0.3) is 0 Å². The van der Waals surface area contributed by atoms with Crippen LogP contribution >= 0.6 is 0 Å². The van der Waals surface area contributed by atoms with Crippen molar-refractivity contribution in [1.29, 1.82) is 0 Å². The zero-order valence-corrected chi connectivity index (χ0v) is 12.5. The van der Waals surface area contributed by atoms with Gasteiger partial charge in [-0.1, -0.05) is 44.5 Å². The van der Waals surface area contributed by atoms with Crippen LogP contribution in [0.15, 0.2) is 24.3 Å². The van der Waals surface area contributed by atoms with Gasteiger partial charge in [-0.15, -0.1) is 0 Å². The highest BCUT2D eigenvalue weighted by molar-refractivity contribution is 5.26. The van der Waals surface area contributed by atoms with E-state index in [1.807, 2.05) is 0 Å². The Labute approximate surface area is 117 Å². The van der Waals surface area contributed by atoms with Gasteiger partial charge in [0.05, 0.1) is 6.61 Å². The Kier molecular flexibility index (Phi) is 5.41. The van der Waals surface area contributed by atoms with Crippen LogP contribution in [0.5, 0.6) is 0 Å². The number of rotatable bonds is 6. The number of hydrogen-bond acceptors (Lipinski definition) is 2. The Morgan fingerprint density at radius 1 is 1.21 bits per heavy atom. The van der Waals surface area contributed by atoms with Gasteiger partial charge in [0.2, 0.25) is 0 Å². The molecule has 0 aliphatic heterocycles. The fraction of sp³-hybridized carbons (Fsp3) is 0.647. The van der Waals surface area contributed by atoms with E-state index in [1.165, 1.54) is 30.4 Å². The zero-order chi connectivity index (χ0) is 13.7. The summed E-state index contributed by atoms with van der Waals surface area (Å²) in [6, 6.07) is 9.25. The topological polar surface area (TPSA) is 21.3 Å². The quantitative estimate of drug-likeness (QED) is 0.842. The highest BCUT2D eigenvalue weighted by atomic mass is 16.5. The fourth-order valence-corrected chi connectivity index (χ4v) is 3.38. The molecular formula is C17H27NO. The van der Waals surface area contributed by atoms with Gasteiger partial charge in [0, 0.05) is 19.7 Å². The van der Waals surface area contributed by atoms with Crippen molar-refractivity contribution in [2.45, 2.75) is 52.3 Å². The van der Waals surface area contributed by atoms with Crippen molar-refractivity contribution in [1.82, 2.24) is 5.32 Å². The third-order valence-electron chi connectivity index (χ3n) is 4.72. The first-order valence-corrected chi connectivity index (χ1v) is 7.55. The van der Waals surface area contributed by atoms with Crippen LogP contribution in [0.3, 0.4) is 0 Å². The summed E-state index contributed by atoms with van der Waals surface area (Å²) < 4.78 is 5.27. The molecule has 0 amide bonds. The second-order valence-corrected chi connectivity index (χ2v) is 5.79. The molecule has 2 rings (SSSR count). The van der Waals surface area contributed by atoms with Crippen molar-refractivity contribution in [3.8, 4) is 0 Å². The molecule has 1 aliphatic rings. The lowest BCUT2D eigenvalue weighted by atomic mass is 9.93. The van der Waals surface area contributed by atoms with E-state index < -0.39 is 0 Å². The first-order chi connectivity index (χ1) is 9.26. The first-order valence-electron chi connectivity index (χ1n) is 7.55. The second kappa shape index (κ2) is 7.06. The van der Waals surface area contributed by atoms with Gasteiger partial charge in [0.15, 0.2) is 0 Å². The molecule has 2 nitrogen and oxygen atoms in total. The molecular weight excluding hydrogens is 234 g/mol. The van der Waals surface area contributed by atoms with Crippen LogP contribution in [0.25, 0.3) is 0 Å². The zero-order valence-electron chi connectivity index (χ0n) is 12.5. The minimum atomic E-state index is 0.681. The summed E-state index contributed by atoms with van der Waals surface area (Å²) in [5.74, 6) is 1.71. The van der Waals surface area contributed by atoms with Crippen LogP contribution in [-0.2, 0) is 17.9 Å². The molecule has 1 aromatic carbocycles. The van der Waals surface area contributed by atoms with Gasteiger partial charge in [-0.2, -0.15) is 0 Å². The van der Waals surface area contributed by atoms with E-state index >= 15 is 0 Å². The predicted octanol–water partition coefficient (Wildman–Crippen LogP) is 3.75. The van der Waals surface area contributed by atoms with Gasteiger partial charge in [-0.25, -0.2) is 0 Å². The minimum absolute atomic E-state index is 0.681. The van der Waals surface area contributed by atoms with E-state index in [1.54, 1.807) is 7.11 Å². The van der Waals surface area contributed by atoms with Crippen molar-refractivity contribution >= 4 is 0 Å². The van der Waals surface area contributed by atoms with E-state index in [0.29, 0.717) is 12.6 Å². The normalized spacial score (nSPS) is 26.8. The van der Waals surface area contributed by atoms with Crippen molar-refractivity contribution < 1.29 is 4.74 Å². The summed E-state index contributed by atoms with van der Waals surface area (Å²) >= 11 is 0. The van der Waals surface area contributed by atoms with E-state index in [4.69, 9.17) is 4.74 Å². The lowest BCUT2D eigenvalue weighted by Gasteiger charge is -2.21. The van der Waals surface area contributed by atoms with E-state index in [-0.39, 0.29) is 0 Å². The van der Waals surface area contributed by atoms with Gasteiger partial charge in [-0.05, 0) is 35.8 Å². The van der Waals surface area contributed by atoms with E-state index in [0.717, 1.165) is 18.4 Å². The molecule has 2 heteroatoms. The summed E-state index contributed by atoms with van der Waals surface area (Å²) in [5.41, 5.74) is 2.67. The smallest absolute Gasteiger partial charge is 0.0716 e. The van der Waals surface area contributed by atoms with Crippen LogP contribution in [-0.4, -0.2) is 13.2 Å². The largest absolute Gasteiger partial charge is 0.380 e. The Bertz CT molecular complexity index is 391. The first kappa shape index (κ1) is 14.5. The van der Waals surface area contributed by atoms with Gasteiger partial charge < -0.3 is 10.1 Å². The molecule has 3 unspecified atom stereocenters. The summed E-state index contributed by atoms with van der Waals surface area (Å²) in [4.78, 5) is 0. The minimum Gasteiger partial charge on any atom is -0.380 e. The summed E-state index contributed by atoms with van der Waals surface area (Å²) in [6.45, 7) is 6.39. The number of hydrogen-bond donors (Lipinski definition) is 1. The van der Waals surface area contributed by atoms with Crippen LogP contribution in [0.1, 0.15) is 44.2 Å². The standard InChI is InChI=1S/C17H27NO/c1-4-14-9-10-17(13(14)2)18-11-15-7-5-6-8-16(15)12-19-3/h5-8,13-14,17-18H,4,9-12H2,1-3H3. The second-order valence-electron chi connectivity index (χ2n) is 5.79. The maximum atomic E-state index is 5.27. The molecule has 106 valence electrons. The van der Waals surface area contributed by atoms with E-state index in [2.05, 4.69) is 43.4 Å². The van der Waals surface area contributed by atoms with Crippen molar-refractivity contribution in [3.05, 3.63) is 35.4 Å². The molecule has 0 saturated heterocycles. The maximum absolute atomic E-state index is 5.27. The van der Waals surface area contributed by atoms with Crippen LogP contribution in [0, 0.1) is 11.8 Å². The molecule has 3 atom stereocenters. The number of benzene rings is 1. The molecule has 1 fully saturated rings. The maximum Gasteiger partial charge on any atom is 0.0716 e. The molecule has 0 bridgehead atoms.